The third-order valence-corrected chi connectivity index (χ3v) is 5.28. The first-order chi connectivity index (χ1) is 14.6. The third-order valence-electron chi connectivity index (χ3n) is 5.28. The molecule has 1 N–H and O–H groups in total. The molecule has 0 saturated carbocycles. The number of hydrogen-bond acceptors (Lipinski definition) is 6. The summed E-state index contributed by atoms with van der Waals surface area (Å²) in [7, 11) is 0. The van der Waals surface area contributed by atoms with Crippen LogP contribution in [0.3, 0.4) is 0 Å². The van der Waals surface area contributed by atoms with Crippen molar-refractivity contribution in [3.63, 3.8) is 0 Å². The highest BCUT2D eigenvalue weighted by atomic mass is 16.5. The summed E-state index contributed by atoms with van der Waals surface area (Å²) < 4.78 is 5.41. The summed E-state index contributed by atoms with van der Waals surface area (Å²) in [5, 5.41) is 0.616. The zero-order valence-corrected chi connectivity index (χ0v) is 17.1. The molecule has 4 rings (SSSR count). The topological polar surface area (TPSA) is 78.5 Å². The SMILES string of the molecule is CCCC(=O)Oc1cccc(N2CCN(Cc3nc4ccccc4c(=O)[nH]3)CC2)c1. The number of para-hydroxylation sites is 1. The van der Waals surface area contributed by atoms with Crippen molar-refractivity contribution in [3.05, 3.63) is 64.7 Å². The Balaban J connectivity index is 1.37. The molecule has 0 radical (unpaired) electrons. The van der Waals surface area contributed by atoms with Crippen LogP contribution < -0.4 is 15.2 Å². The van der Waals surface area contributed by atoms with Gasteiger partial charge in [0.15, 0.2) is 0 Å². The van der Waals surface area contributed by atoms with Crippen molar-refractivity contribution < 1.29 is 9.53 Å². The van der Waals surface area contributed by atoms with Gasteiger partial charge in [0.2, 0.25) is 0 Å². The first-order valence-electron chi connectivity index (χ1n) is 10.4. The molecule has 1 fully saturated rings. The van der Waals surface area contributed by atoms with Gasteiger partial charge < -0.3 is 14.6 Å². The molecule has 0 aliphatic carbocycles. The van der Waals surface area contributed by atoms with E-state index in [-0.39, 0.29) is 11.5 Å². The van der Waals surface area contributed by atoms with E-state index in [1.807, 2.05) is 49.4 Å². The Morgan fingerprint density at radius 1 is 1.10 bits per heavy atom. The van der Waals surface area contributed by atoms with E-state index in [2.05, 4.69) is 19.8 Å². The average Bonchev–Trinajstić information content (AvgIpc) is 2.75. The van der Waals surface area contributed by atoms with Gasteiger partial charge in [-0.15, -0.1) is 0 Å². The van der Waals surface area contributed by atoms with E-state index in [0.29, 0.717) is 29.9 Å². The fourth-order valence-electron chi connectivity index (χ4n) is 3.72. The molecule has 3 aromatic rings. The molecule has 0 amide bonds. The monoisotopic (exact) mass is 406 g/mol. The van der Waals surface area contributed by atoms with Gasteiger partial charge in [0.1, 0.15) is 11.6 Å². The van der Waals surface area contributed by atoms with Gasteiger partial charge in [0.25, 0.3) is 5.56 Å². The van der Waals surface area contributed by atoms with Gasteiger partial charge in [-0.3, -0.25) is 14.5 Å². The van der Waals surface area contributed by atoms with Crippen LogP contribution in [-0.4, -0.2) is 47.0 Å². The van der Waals surface area contributed by atoms with Gasteiger partial charge in [0.05, 0.1) is 17.4 Å². The van der Waals surface area contributed by atoms with Gasteiger partial charge in [-0.2, -0.15) is 0 Å². The molecule has 1 aromatic heterocycles. The normalized spacial score (nSPS) is 14.8. The molecule has 30 heavy (non-hydrogen) atoms. The van der Waals surface area contributed by atoms with Crippen LogP contribution in [0.25, 0.3) is 10.9 Å². The van der Waals surface area contributed by atoms with Crippen LogP contribution in [0, 0.1) is 0 Å². The first-order valence-corrected chi connectivity index (χ1v) is 10.4. The predicted molar refractivity (Wildman–Crippen MR) is 117 cm³/mol. The van der Waals surface area contributed by atoms with E-state index in [9.17, 15) is 9.59 Å². The molecule has 2 heterocycles. The van der Waals surface area contributed by atoms with E-state index in [4.69, 9.17) is 4.74 Å². The fraction of sp³-hybridized carbons (Fsp3) is 0.348. The maximum atomic E-state index is 12.3. The number of benzene rings is 2. The zero-order chi connectivity index (χ0) is 20.9. The summed E-state index contributed by atoms with van der Waals surface area (Å²) in [6, 6.07) is 15.1. The van der Waals surface area contributed by atoms with E-state index in [1.54, 1.807) is 6.07 Å². The standard InChI is InChI=1S/C23H26N4O3/c1-2-6-22(28)30-18-8-5-7-17(15-18)27-13-11-26(12-14-27)16-21-24-20-10-4-3-9-19(20)23(29)25-21/h3-5,7-10,15H,2,6,11-14,16H2,1H3,(H,24,25,29). The highest BCUT2D eigenvalue weighted by Crippen LogP contribution is 2.23. The summed E-state index contributed by atoms with van der Waals surface area (Å²) in [4.78, 5) is 36.1. The molecule has 1 aliphatic heterocycles. The fourth-order valence-corrected chi connectivity index (χ4v) is 3.72. The van der Waals surface area contributed by atoms with Crippen molar-refractivity contribution in [1.29, 1.82) is 0 Å². The highest BCUT2D eigenvalue weighted by Gasteiger charge is 2.19. The average molecular weight is 406 g/mol. The van der Waals surface area contributed by atoms with Crippen molar-refractivity contribution in [2.45, 2.75) is 26.3 Å². The van der Waals surface area contributed by atoms with Gasteiger partial charge >= 0.3 is 5.97 Å². The summed E-state index contributed by atoms with van der Waals surface area (Å²) in [6.07, 6.45) is 1.20. The molecule has 1 saturated heterocycles. The minimum Gasteiger partial charge on any atom is -0.426 e. The van der Waals surface area contributed by atoms with E-state index < -0.39 is 0 Å². The van der Waals surface area contributed by atoms with E-state index in [1.165, 1.54) is 0 Å². The second kappa shape index (κ2) is 9.09. The summed E-state index contributed by atoms with van der Waals surface area (Å²) in [5.74, 6) is 1.08. The number of aromatic amines is 1. The highest BCUT2D eigenvalue weighted by molar-refractivity contribution is 5.77. The van der Waals surface area contributed by atoms with Gasteiger partial charge in [-0.05, 0) is 30.7 Å². The van der Waals surface area contributed by atoms with Crippen LogP contribution in [0.2, 0.25) is 0 Å². The summed E-state index contributed by atoms with van der Waals surface area (Å²) in [6.45, 7) is 5.99. The van der Waals surface area contributed by atoms with Crippen LogP contribution in [-0.2, 0) is 11.3 Å². The number of anilines is 1. The van der Waals surface area contributed by atoms with Gasteiger partial charge in [0, 0.05) is 44.4 Å². The van der Waals surface area contributed by atoms with E-state index >= 15 is 0 Å². The molecule has 0 spiro atoms. The number of H-pyrrole nitrogens is 1. The maximum absolute atomic E-state index is 12.3. The second-order valence-electron chi connectivity index (χ2n) is 7.51. The number of ether oxygens (including phenoxy) is 1. The Hall–Kier alpha value is -3.19. The molecule has 156 valence electrons. The number of nitrogens with one attached hydrogen (secondary N) is 1. The molecule has 7 nitrogen and oxygen atoms in total. The Labute approximate surface area is 175 Å². The second-order valence-corrected chi connectivity index (χ2v) is 7.51. The number of hydrogen-bond donors (Lipinski definition) is 1. The Morgan fingerprint density at radius 2 is 1.90 bits per heavy atom. The molecule has 0 unspecified atom stereocenters. The quantitative estimate of drug-likeness (QED) is 0.501. The van der Waals surface area contributed by atoms with Crippen LogP contribution >= 0.6 is 0 Å². The number of carbonyl (C=O) groups excluding carboxylic acids is 1. The zero-order valence-electron chi connectivity index (χ0n) is 17.1. The lowest BCUT2D eigenvalue weighted by Crippen LogP contribution is -2.46. The van der Waals surface area contributed by atoms with Gasteiger partial charge in [-0.25, -0.2) is 4.98 Å². The third kappa shape index (κ3) is 4.68. The number of fused-ring (bicyclic) bond motifs is 1. The van der Waals surface area contributed by atoms with Crippen LogP contribution in [0.1, 0.15) is 25.6 Å². The summed E-state index contributed by atoms with van der Waals surface area (Å²) in [5.41, 5.74) is 1.68. The number of rotatable bonds is 6. The lowest BCUT2D eigenvalue weighted by molar-refractivity contribution is -0.134. The van der Waals surface area contributed by atoms with Crippen molar-refractivity contribution >= 4 is 22.6 Å². The van der Waals surface area contributed by atoms with Crippen LogP contribution in [0.15, 0.2) is 53.3 Å². The number of esters is 1. The minimum atomic E-state index is -0.198. The number of carbonyl (C=O) groups is 1. The first kappa shape index (κ1) is 20.1. The molecule has 2 aromatic carbocycles. The number of aromatic nitrogens is 2. The Kier molecular flexibility index (Phi) is 6.09. The van der Waals surface area contributed by atoms with Crippen molar-refractivity contribution in [1.82, 2.24) is 14.9 Å². The molecular formula is C23H26N4O3. The lowest BCUT2D eigenvalue weighted by atomic mass is 10.2. The molecule has 0 atom stereocenters. The molecule has 1 aliphatic rings. The number of nitrogens with zero attached hydrogens (tertiary/aromatic N) is 3. The van der Waals surface area contributed by atoms with Gasteiger partial charge in [-0.1, -0.05) is 25.1 Å². The lowest BCUT2D eigenvalue weighted by Gasteiger charge is -2.35. The molecule has 0 bridgehead atoms. The summed E-state index contributed by atoms with van der Waals surface area (Å²) >= 11 is 0. The minimum absolute atomic E-state index is 0.0938. The van der Waals surface area contributed by atoms with Crippen molar-refractivity contribution in [3.8, 4) is 5.75 Å². The van der Waals surface area contributed by atoms with Crippen LogP contribution in [0.5, 0.6) is 5.75 Å². The maximum Gasteiger partial charge on any atom is 0.311 e. The van der Waals surface area contributed by atoms with E-state index in [0.717, 1.165) is 43.8 Å². The largest absolute Gasteiger partial charge is 0.426 e. The Bertz CT molecular complexity index is 1090. The number of piperazine rings is 1. The smallest absolute Gasteiger partial charge is 0.311 e. The molecular weight excluding hydrogens is 380 g/mol. The van der Waals surface area contributed by atoms with Crippen LogP contribution in [0.4, 0.5) is 5.69 Å². The Morgan fingerprint density at radius 3 is 2.70 bits per heavy atom. The van der Waals surface area contributed by atoms with Crippen molar-refractivity contribution in [2.75, 3.05) is 31.1 Å². The predicted octanol–water partition coefficient (Wildman–Crippen LogP) is 2.95. The molecule has 7 heteroatoms. The van der Waals surface area contributed by atoms with Crippen molar-refractivity contribution in [2.24, 2.45) is 0 Å².